The van der Waals surface area contributed by atoms with Gasteiger partial charge in [0.15, 0.2) is 9.84 Å². The molecule has 0 fully saturated rings. The average Bonchev–Trinajstić information content (AvgIpc) is 2.59. The molecule has 0 aliphatic rings. The first-order valence-corrected chi connectivity index (χ1v) is 10.2. The molecule has 0 saturated heterocycles. The molecule has 3 N–H and O–H groups in total. The minimum absolute atomic E-state index is 0.0235. The van der Waals surface area contributed by atoms with E-state index in [1.165, 1.54) is 12.1 Å². The Labute approximate surface area is 154 Å². The molecular formula is C19H24N2O4S. The van der Waals surface area contributed by atoms with Crippen molar-refractivity contribution in [3.63, 3.8) is 0 Å². The summed E-state index contributed by atoms with van der Waals surface area (Å²) in [6.45, 7) is 3.87. The Bertz CT molecular complexity index is 861. The number of hydrogen-bond donors (Lipinski definition) is 3. The fourth-order valence-corrected chi connectivity index (χ4v) is 3.07. The van der Waals surface area contributed by atoms with Crippen LogP contribution in [-0.2, 0) is 14.6 Å². The molecule has 2 rings (SSSR count). The highest BCUT2D eigenvalue weighted by Crippen LogP contribution is 2.27. The second-order valence-electron chi connectivity index (χ2n) is 6.47. The fourth-order valence-electron chi connectivity index (χ4n) is 2.44. The topological polar surface area (TPSA) is 95.5 Å². The van der Waals surface area contributed by atoms with E-state index in [9.17, 15) is 18.3 Å². The van der Waals surface area contributed by atoms with Crippen LogP contribution < -0.4 is 10.6 Å². The number of rotatable bonds is 7. The van der Waals surface area contributed by atoms with Gasteiger partial charge in [-0.05, 0) is 36.2 Å². The van der Waals surface area contributed by atoms with Gasteiger partial charge in [0.05, 0.1) is 17.5 Å². The molecule has 140 valence electrons. The minimum Gasteiger partial charge on any atom is -0.388 e. The largest absolute Gasteiger partial charge is 0.388 e. The molecule has 0 heterocycles. The molecule has 0 bridgehead atoms. The van der Waals surface area contributed by atoms with E-state index in [1.54, 1.807) is 12.1 Å². The van der Waals surface area contributed by atoms with Gasteiger partial charge in [-0.25, -0.2) is 8.42 Å². The van der Waals surface area contributed by atoms with Gasteiger partial charge in [-0.2, -0.15) is 0 Å². The highest BCUT2D eigenvalue weighted by molar-refractivity contribution is 7.90. The first-order valence-electron chi connectivity index (χ1n) is 8.29. The summed E-state index contributed by atoms with van der Waals surface area (Å²) in [6, 6.07) is 13.3. The number of carbonyl (C=O) groups is 1. The van der Waals surface area contributed by atoms with Crippen LogP contribution in [0, 0.1) is 5.92 Å². The highest BCUT2D eigenvalue weighted by Gasteiger charge is 2.16. The zero-order chi connectivity index (χ0) is 19.3. The van der Waals surface area contributed by atoms with Gasteiger partial charge in [-0.1, -0.05) is 32.0 Å². The number of sulfone groups is 1. The van der Waals surface area contributed by atoms with Crippen LogP contribution >= 0.6 is 0 Å². The Balaban J connectivity index is 1.99. The smallest absolute Gasteiger partial charge is 0.243 e. The van der Waals surface area contributed by atoms with Crippen molar-refractivity contribution < 1.29 is 18.3 Å². The van der Waals surface area contributed by atoms with Crippen molar-refractivity contribution >= 4 is 27.1 Å². The van der Waals surface area contributed by atoms with E-state index in [2.05, 4.69) is 10.6 Å². The van der Waals surface area contributed by atoms with Crippen molar-refractivity contribution in [2.75, 3.05) is 23.4 Å². The van der Waals surface area contributed by atoms with E-state index >= 15 is 0 Å². The van der Waals surface area contributed by atoms with Crippen LogP contribution in [-0.4, -0.2) is 32.2 Å². The van der Waals surface area contributed by atoms with Crippen LogP contribution in [0.3, 0.4) is 0 Å². The maximum Gasteiger partial charge on any atom is 0.243 e. The van der Waals surface area contributed by atoms with Crippen molar-refractivity contribution in [3.05, 3.63) is 54.1 Å². The van der Waals surface area contributed by atoms with Gasteiger partial charge in [0.25, 0.3) is 0 Å². The van der Waals surface area contributed by atoms with E-state index in [4.69, 9.17) is 0 Å². The lowest BCUT2D eigenvalue weighted by Gasteiger charge is -2.19. The van der Waals surface area contributed by atoms with Gasteiger partial charge in [0, 0.05) is 23.2 Å². The molecule has 0 aliphatic heterocycles. The van der Waals surface area contributed by atoms with Gasteiger partial charge >= 0.3 is 0 Å². The zero-order valence-corrected chi connectivity index (χ0v) is 15.9. The predicted molar refractivity (Wildman–Crippen MR) is 103 cm³/mol. The summed E-state index contributed by atoms with van der Waals surface area (Å²) in [6.07, 6.45) is 0.512. The average molecular weight is 376 g/mol. The second-order valence-corrected chi connectivity index (χ2v) is 8.49. The van der Waals surface area contributed by atoms with Gasteiger partial charge < -0.3 is 15.7 Å². The monoisotopic (exact) mass is 376 g/mol. The van der Waals surface area contributed by atoms with E-state index in [0.717, 1.165) is 11.8 Å². The molecule has 26 heavy (non-hydrogen) atoms. The molecule has 7 heteroatoms. The van der Waals surface area contributed by atoms with E-state index in [0.29, 0.717) is 11.4 Å². The van der Waals surface area contributed by atoms with Gasteiger partial charge in [0.2, 0.25) is 5.91 Å². The van der Waals surface area contributed by atoms with Crippen molar-refractivity contribution in [2.24, 2.45) is 5.92 Å². The summed E-state index contributed by atoms with van der Waals surface area (Å²) in [5.41, 5.74) is 1.96. The van der Waals surface area contributed by atoms with E-state index in [-0.39, 0.29) is 23.3 Å². The molecule has 2 aromatic rings. The molecule has 6 nitrogen and oxygen atoms in total. The standard InChI is InChI=1S/C19H24N2O4S/c1-13(2)19(23)16-6-4-5-7-17(16)20-12-18(22)21-14-8-10-15(11-9-14)26(3,24)25/h4-11,13,19-20,23H,12H2,1-3H3,(H,21,22)/t19-/m1/s1. The van der Waals surface area contributed by atoms with Gasteiger partial charge in [0.1, 0.15) is 0 Å². The molecule has 0 aliphatic carbocycles. The zero-order valence-electron chi connectivity index (χ0n) is 15.1. The third-order valence-electron chi connectivity index (χ3n) is 3.92. The van der Waals surface area contributed by atoms with Crippen molar-refractivity contribution in [3.8, 4) is 0 Å². The molecule has 0 radical (unpaired) electrons. The minimum atomic E-state index is -3.26. The number of aliphatic hydroxyl groups is 1. The SMILES string of the molecule is CC(C)[C@@H](O)c1ccccc1NCC(=O)Nc1ccc(S(C)(=O)=O)cc1. The third kappa shape index (κ3) is 5.31. The van der Waals surface area contributed by atoms with Crippen molar-refractivity contribution in [1.29, 1.82) is 0 Å². The summed E-state index contributed by atoms with van der Waals surface area (Å²) in [7, 11) is -3.26. The van der Waals surface area contributed by atoms with Gasteiger partial charge in [-0.15, -0.1) is 0 Å². The molecule has 0 unspecified atom stereocenters. The number of benzene rings is 2. The van der Waals surface area contributed by atoms with Gasteiger partial charge in [-0.3, -0.25) is 4.79 Å². The fraction of sp³-hybridized carbons (Fsp3) is 0.316. The molecule has 0 saturated carbocycles. The molecule has 0 aromatic heterocycles. The lowest BCUT2D eigenvalue weighted by Crippen LogP contribution is -2.22. The maximum atomic E-state index is 12.1. The van der Waals surface area contributed by atoms with Crippen LogP contribution in [0.25, 0.3) is 0 Å². The quantitative estimate of drug-likeness (QED) is 0.691. The van der Waals surface area contributed by atoms with Crippen LogP contribution in [0.15, 0.2) is 53.4 Å². The molecule has 0 spiro atoms. The number of amides is 1. The molecule has 2 aromatic carbocycles. The predicted octanol–water partition coefficient (Wildman–Crippen LogP) is 2.83. The number of hydrogen-bond acceptors (Lipinski definition) is 5. The number of anilines is 2. The lowest BCUT2D eigenvalue weighted by atomic mass is 9.97. The summed E-state index contributed by atoms with van der Waals surface area (Å²) < 4.78 is 22.9. The van der Waals surface area contributed by atoms with Crippen LogP contribution in [0.4, 0.5) is 11.4 Å². The van der Waals surface area contributed by atoms with Crippen molar-refractivity contribution in [1.82, 2.24) is 0 Å². The number of para-hydroxylation sites is 1. The normalized spacial score (nSPS) is 12.7. The number of nitrogens with one attached hydrogen (secondary N) is 2. The Kier molecular flexibility index (Phi) is 6.39. The lowest BCUT2D eigenvalue weighted by molar-refractivity contribution is -0.114. The van der Waals surface area contributed by atoms with Crippen LogP contribution in [0.5, 0.6) is 0 Å². The summed E-state index contributed by atoms with van der Waals surface area (Å²) in [5, 5.41) is 16.0. The van der Waals surface area contributed by atoms with Crippen LogP contribution in [0.2, 0.25) is 0 Å². The Morgan fingerprint density at radius 1 is 1.08 bits per heavy atom. The summed E-state index contributed by atoms with van der Waals surface area (Å²) in [4.78, 5) is 12.3. The molecular weight excluding hydrogens is 352 g/mol. The van der Waals surface area contributed by atoms with Crippen LogP contribution in [0.1, 0.15) is 25.5 Å². The Morgan fingerprint density at radius 3 is 2.27 bits per heavy atom. The first kappa shape index (κ1) is 19.9. The van der Waals surface area contributed by atoms with E-state index in [1.807, 2.05) is 38.1 Å². The number of aliphatic hydroxyl groups excluding tert-OH is 1. The Morgan fingerprint density at radius 2 is 1.69 bits per heavy atom. The number of carbonyl (C=O) groups excluding carboxylic acids is 1. The molecule has 1 atom stereocenters. The molecule has 1 amide bonds. The summed E-state index contributed by atoms with van der Waals surface area (Å²) in [5.74, 6) is -0.217. The van der Waals surface area contributed by atoms with Crippen molar-refractivity contribution in [2.45, 2.75) is 24.8 Å². The van der Waals surface area contributed by atoms with E-state index < -0.39 is 15.9 Å². The maximum absolute atomic E-state index is 12.1. The Hall–Kier alpha value is -2.38. The third-order valence-corrected chi connectivity index (χ3v) is 5.05. The second kappa shape index (κ2) is 8.33. The highest BCUT2D eigenvalue weighted by atomic mass is 32.2. The summed E-state index contributed by atoms with van der Waals surface area (Å²) >= 11 is 0. The first-order chi connectivity index (χ1) is 12.2.